The number of rotatable bonds is 7. The molecule has 1 aliphatic rings. The third-order valence-electron chi connectivity index (χ3n) is 5.28. The fourth-order valence-electron chi connectivity index (χ4n) is 3.83. The number of hydrogen-bond acceptors (Lipinski definition) is 2. The van der Waals surface area contributed by atoms with E-state index in [1.807, 2.05) is 18.2 Å². The molecule has 1 saturated carbocycles. The molecule has 0 unspecified atom stereocenters. The average Bonchev–Trinajstić information content (AvgIpc) is 2.65. The molecule has 0 saturated heterocycles. The first-order valence-electron chi connectivity index (χ1n) is 9.38. The number of phenols is 1. The smallest absolute Gasteiger partial charge is 0.118 e. The summed E-state index contributed by atoms with van der Waals surface area (Å²) in [5.74, 6) is 0.434. The van der Waals surface area contributed by atoms with E-state index in [0.29, 0.717) is 11.8 Å². The predicted molar refractivity (Wildman–Crippen MR) is 108 cm³/mol. The zero-order valence-electron chi connectivity index (χ0n) is 14.9. The number of phenolic OH excluding ortho intramolecular Hbond substituents is 1. The number of aromatic hydroxyl groups is 1. The van der Waals surface area contributed by atoms with E-state index in [-0.39, 0.29) is 12.4 Å². The largest absolute Gasteiger partial charge is 0.508 e. The summed E-state index contributed by atoms with van der Waals surface area (Å²) in [6.07, 6.45) is 8.82. The highest BCUT2D eigenvalue weighted by Gasteiger charge is 2.21. The van der Waals surface area contributed by atoms with Crippen LogP contribution >= 0.6 is 12.4 Å². The maximum atomic E-state index is 10.0. The van der Waals surface area contributed by atoms with Crippen molar-refractivity contribution < 1.29 is 5.11 Å². The van der Waals surface area contributed by atoms with Gasteiger partial charge in [-0.15, -0.1) is 12.4 Å². The van der Waals surface area contributed by atoms with Gasteiger partial charge in [0.15, 0.2) is 0 Å². The zero-order chi connectivity index (χ0) is 16.6. The third kappa shape index (κ3) is 6.05. The molecule has 0 bridgehead atoms. The Balaban J connectivity index is 0.00000225. The lowest BCUT2D eigenvalue weighted by molar-refractivity contribution is 0.159. The standard InChI is InChI=1S/C22H29NO.ClH/c24-22-14-8-7-11-20(22)16-18-23(21-12-5-2-6-13-21)17-15-19-9-3-1-4-10-19;/h1,3-4,7-11,14,21,24H,2,5-6,12-13,15-18H2;1H. The lowest BCUT2D eigenvalue weighted by Crippen LogP contribution is -2.39. The number of benzene rings is 2. The monoisotopic (exact) mass is 359 g/mol. The first-order chi connectivity index (χ1) is 11.8. The predicted octanol–water partition coefficient (Wildman–Crippen LogP) is 5.23. The van der Waals surface area contributed by atoms with Crippen LogP contribution in [0.5, 0.6) is 5.75 Å². The van der Waals surface area contributed by atoms with Crippen LogP contribution in [0.15, 0.2) is 54.6 Å². The van der Waals surface area contributed by atoms with E-state index in [1.165, 1.54) is 37.7 Å². The summed E-state index contributed by atoms with van der Waals surface area (Å²) < 4.78 is 0. The van der Waals surface area contributed by atoms with E-state index in [2.05, 4.69) is 35.2 Å². The summed E-state index contributed by atoms with van der Waals surface area (Å²) in [4.78, 5) is 2.67. The molecule has 1 fully saturated rings. The minimum atomic E-state index is 0. The van der Waals surface area contributed by atoms with Crippen LogP contribution in [0.3, 0.4) is 0 Å². The first-order valence-corrected chi connectivity index (χ1v) is 9.38. The molecule has 0 aliphatic heterocycles. The van der Waals surface area contributed by atoms with Gasteiger partial charge in [-0.25, -0.2) is 0 Å². The molecule has 0 aromatic heterocycles. The highest BCUT2D eigenvalue weighted by Crippen LogP contribution is 2.24. The lowest BCUT2D eigenvalue weighted by Gasteiger charge is -2.34. The molecule has 2 aromatic carbocycles. The van der Waals surface area contributed by atoms with Crippen molar-refractivity contribution in [3.63, 3.8) is 0 Å². The van der Waals surface area contributed by atoms with Gasteiger partial charge >= 0.3 is 0 Å². The summed E-state index contributed by atoms with van der Waals surface area (Å²) in [5, 5.41) is 10.0. The van der Waals surface area contributed by atoms with Crippen LogP contribution < -0.4 is 0 Å². The summed E-state index contributed by atoms with van der Waals surface area (Å²) in [7, 11) is 0. The van der Waals surface area contributed by atoms with Gasteiger partial charge in [-0.1, -0.05) is 67.8 Å². The Morgan fingerprint density at radius 2 is 1.44 bits per heavy atom. The highest BCUT2D eigenvalue weighted by molar-refractivity contribution is 5.85. The molecule has 0 atom stereocenters. The fraction of sp³-hybridized carbons (Fsp3) is 0.455. The summed E-state index contributed by atoms with van der Waals surface area (Å²) in [5.41, 5.74) is 2.49. The molecule has 0 heterocycles. The van der Waals surface area contributed by atoms with Crippen molar-refractivity contribution in [1.82, 2.24) is 4.90 Å². The van der Waals surface area contributed by atoms with Gasteiger partial charge in [-0.2, -0.15) is 0 Å². The molecule has 1 aliphatic carbocycles. The summed E-state index contributed by atoms with van der Waals surface area (Å²) >= 11 is 0. The number of para-hydroxylation sites is 1. The van der Waals surface area contributed by atoms with Crippen molar-refractivity contribution in [3.8, 4) is 5.75 Å². The number of hydrogen-bond donors (Lipinski definition) is 1. The van der Waals surface area contributed by atoms with Crippen molar-refractivity contribution in [2.24, 2.45) is 0 Å². The van der Waals surface area contributed by atoms with Gasteiger partial charge in [0.1, 0.15) is 5.75 Å². The maximum Gasteiger partial charge on any atom is 0.118 e. The minimum Gasteiger partial charge on any atom is -0.508 e. The molecular formula is C22H30ClNO. The van der Waals surface area contributed by atoms with Crippen LogP contribution in [-0.4, -0.2) is 29.1 Å². The van der Waals surface area contributed by atoms with Crippen molar-refractivity contribution in [3.05, 3.63) is 65.7 Å². The molecular weight excluding hydrogens is 330 g/mol. The van der Waals surface area contributed by atoms with E-state index in [4.69, 9.17) is 0 Å². The van der Waals surface area contributed by atoms with Crippen LogP contribution in [-0.2, 0) is 12.8 Å². The van der Waals surface area contributed by atoms with E-state index in [1.54, 1.807) is 6.07 Å². The van der Waals surface area contributed by atoms with Gasteiger partial charge in [0, 0.05) is 19.1 Å². The molecule has 3 rings (SSSR count). The van der Waals surface area contributed by atoms with Crippen molar-refractivity contribution in [2.75, 3.05) is 13.1 Å². The van der Waals surface area contributed by atoms with Gasteiger partial charge < -0.3 is 5.11 Å². The van der Waals surface area contributed by atoms with Crippen molar-refractivity contribution in [2.45, 2.75) is 51.0 Å². The molecule has 2 nitrogen and oxygen atoms in total. The van der Waals surface area contributed by atoms with Crippen LogP contribution in [0.4, 0.5) is 0 Å². The van der Waals surface area contributed by atoms with E-state index >= 15 is 0 Å². The lowest BCUT2D eigenvalue weighted by atomic mass is 9.93. The summed E-state index contributed by atoms with van der Waals surface area (Å²) in [6, 6.07) is 19.3. The number of nitrogens with zero attached hydrogens (tertiary/aromatic N) is 1. The zero-order valence-corrected chi connectivity index (χ0v) is 15.8. The Kier molecular flexibility index (Phi) is 8.30. The minimum absolute atomic E-state index is 0. The Bertz CT molecular complexity index is 610. The SMILES string of the molecule is Cl.Oc1ccccc1CCN(CCc1ccccc1)C1CCCCC1. The van der Waals surface area contributed by atoms with Crippen molar-refractivity contribution >= 4 is 12.4 Å². The fourth-order valence-corrected chi connectivity index (χ4v) is 3.83. The van der Waals surface area contributed by atoms with Gasteiger partial charge in [0.2, 0.25) is 0 Å². The molecule has 2 aromatic rings. The topological polar surface area (TPSA) is 23.5 Å². The maximum absolute atomic E-state index is 10.0. The Hall–Kier alpha value is -1.51. The Morgan fingerprint density at radius 1 is 0.800 bits per heavy atom. The first kappa shape index (κ1) is 19.8. The molecule has 1 N–H and O–H groups in total. The van der Waals surface area contributed by atoms with Crippen LogP contribution in [0.25, 0.3) is 0 Å². The molecule has 0 radical (unpaired) electrons. The molecule has 25 heavy (non-hydrogen) atoms. The van der Waals surface area contributed by atoms with Crippen LogP contribution in [0, 0.1) is 0 Å². The molecule has 3 heteroatoms. The van der Waals surface area contributed by atoms with Gasteiger partial charge in [0.25, 0.3) is 0 Å². The van der Waals surface area contributed by atoms with Gasteiger partial charge in [0.05, 0.1) is 0 Å². The third-order valence-corrected chi connectivity index (χ3v) is 5.28. The van der Waals surface area contributed by atoms with Gasteiger partial charge in [-0.3, -0.25) is 4.90 Å². The van der Waals surface area contributed by atoms with E-state index < -0.39 is 0 Å². The molecule has 136 valence electrons. The normalized spacial score (nSPS) is 15.1. The average molecular weight is 360 g/mol. The second-order valence-corrected chi connectivity index (χ2v) is 6.94. The van der Waals surface area contributed by atoms with Crippen LogP contribution in [0.2, 0.25) is 0 Å². The highest BCUT2D eigenvalue weighted by atomic mass is 35.5. The van der Waals surface area contributed by atoms with Crippen LogP contribution in [0.1, 0.15) is 43.2 Å². The van der Waals surface area contributed by atoms with E-state index in [9.17, 15) is 5.11 Å². The molecule has 0 spiro atoms. The second kappa shape index (κ2) is 10.5. The summed E-state index contributed by atoms with van der Waals surface area (Å²) in [6.45, 7) is 2.15. The second-order valence-electron chi connectivity index (χ2n) is 6.94. The molecule has 0 amide bonds. The Labute approximate surface area is 158 Å². The van der Waals surface area contributed by atoms with E-state index in [0.717, 1.165) is 31.5 Å². The Morgan fingerprint density at radius 3 is 2.16 bits per heavy atom. The quantitative estimate of drug-likeness (QED) is 0.731. The van der Waals surface area contributed by atoms with Gasteiger partial charge in [-0.05, 0) is 42.9 Å². The number of halogens is 1. The van der Waals surface area contributed by atoms with Crippen molar-refractivity contribution in [1.29, 1.82) is 0 Å².